The summed E-state index contributed by atoms with van der Waals surface area (Å²) in [5.74, 6) is 0.866. The van der Waals surface area contributed by atoms with Gasteiger partial charge in [0.25, 0.3) is 5.82 Å². The number of nitrogens with zero attached hydrogens (tertiary/aromatic N) is 3. The van der Waals surface area contributed by atoms with Crippen LogP contribution in [0.2, 0.25) is 0 Å². The van der Waals surface area contributed by atoms with Crippen LogP contribution < -0.4 is 10.7 Å². The lowest BCUT2D eigenvalue weighted by molar-refractivity contribution is -0.410. The van der Waals surface area contributed by atoms with Gasteiger partial charge in [-0.25, -0.2) is 4.98 Å². The van der Waals surface area contributed by atoms with Crippen LogP contribution in [-0.4, -0.2) is 29.1 Å². The summed E-state index contributed by atoms with van der Waals surface area (Å²) in [6.45, 7) is 3.35. The first-order valence-corrected chi connectivity index (χ1v) is 10.5. The predicted molar refractivity (Wildman–Crippen MR) is 112 cm³/mol. The van der Waals surface area contributed by atoms with E-state index in [-0.39, 0.29) is 22.5 Å². The lowest BCUT2D eigenvalue weighted by Gasteiger charge is -2.33. The Morgan fingerprint density at radius 2 is 1.90 bits per heavy atom. The van der Waals surface area contributed by atoms with Crippen molar-refractivity contribution in [2.45, 2.75) is 36.5 Å². The Hall–Kier alpha value is -3.03. The minimum Gasteiger partial charge on any atom is -0.342 e. The maximum absolute atomic E-state index is 12.9. The highest BCUT2D eigenvalue weighted by atomic mass is 32.2. The van der Waals surface area contributed by atoms with Crippen LogP contribution in [0.3, 0.4) is 0 Å². The number of thioether (sulfide) groups is 1. The molecule has 3 rings (SSSR count). The Morgan fingerprint density at radius 1 is 1.24 bits per heavy atom. The number of pyridine rings is 1. The molecule has 1 aliphatic rings. The fourth-order valence-electron chi connectivity index (χ4n) is 3.60. The first-order valence-electron chi connectivity index (χ1n) is 9.67. The zero-order valence-electron chi connectivity index (χ0n) is 16.4. The molecule has 0 unspecified atom stereocenters. The molecule has 1 fully saturated rings. The summed E-state index contributed by atoms with van der Waals surface area (Å²) in [5.41, 5.74) is 7.73. The van der Waals surface area contributed by atoms with Crippen molar-refractivity contribution in [3.8, 4) is 12.1 Å². The highest BCUT2D eigenvalue weighted by Gasteiger charge is 2.28. The van der Waals surface area contributed by atoms with Gasteiger partial charge in [0.2, 0.25) is 5.91 Å². The number of benzene rings is 1. The molecule has 0 saturated carbocycles. The molecule has 2 heterocycles. The molecule has 6 nitrogen and oxygen atoms in total. The first-order chi connectivity index (χ1) is 14.0. The SMILES string of the molecule is C[C@@H](Sc1[nH+]c(N)c(C#N)cc1C#N)C(=O)N1CCC(Cc2ccccc2)CC1. The molecular formula is C22H24N5OS+. The van der Waals surface area contributed by atoms with Crippen molar-refractivity contribution in [1.29, 1.82) is 10.5 Å². The van der Waals surface area contributed by atoms with Crippen LogP contribution >= 0.6 is 11.8 Å². The summed E-state index contributed by atoms with van der Waals surface area (Å²) in [5, 5.41) is 18.6. The van der Waals surface area contributed by atoms with Crippen molar-refractivity contribution >= 4 is 23.5 Å². The second kappa shape index (κ2) is 9.45. The number of hydrogen-bond acceptors (Lipinski definition) is 5. The van der Waals surface area contributed by atoms with E-state index >= 15 is 0 Å². The maximum atomic E-state index is 12.9. The minimum absolute atomic E-state index is 0.0633. The number of piperidine rings is 1. The molecule has 1 aromatic carbocycles. The predicted octanol–water partition coefficient (Wildman–Crippen LogP) is 2.79. The number of hydrogen-bond donors (Lipinski definition) is 1. The maximum Gasteiger partial charge on any atom is 0.289 e. The number of likely N-dealkylation sites (tertiary alicyclic amines) is 1. The van der Waals surface area contributed by atoms with E-state index in [4.69, 9.17) is 11.0 Å². The van der Waals surface area contributed by atoms with Gasteiger partial charge in [-0.1, -0.05) is 42.1 Å². The topological polar surface area (TPSA) is 108 Å². The minimum atomic E-state index is -0.351. The summed E-state index contributed by atoms with van der Waals surface area (Å²) in [6, 6.07) is 15.9. The summed E-state index contributed by atoms with van der Waals surface area (Å²) in [7, 11) is 0. The molecule has 1 atom stereocenters. The van der Waals surface area contributed by atoms with E-state index in [1.807, 2.05) is 24.0 Å². The highest BCUT2D eigenvalue weighted by Crippen LogP contribution is 2.28. The number of aromatic nitrogens is 1. The molecule has 1 saturated heterocycles. The Balaban J connectivity index is 1.58. The van der Waals surface area contributed by atoms with E-state index in [1.165, 1.54) is 23.4 Å². The van der Waals surface area contributed by atoms with E-state index in [2.05, 4.69) is 35.3 Å². The number of H-pyrrole nitrogens is 1. The van der Waals surface area contributed by atoms with Crippen molar-refractivity contribution in [1.82, 2.24) is 4.90 Å². The number of nitrogens with one attached hydrogen (secondary N) is 1. The number of aromatic amines is 1. The van der Waals surface area contributed by atoms with E-state index < -0.39 is 0 Å². The molecule has 0 spiro atoms. The van der Waals surface area contributed by atoms with Crippen LogP contribution in [0.5, 0.6) is 0 Å². The first kappa shape index (κ1) is 20.7. The van der Waals surface area contributed by atoms with Crippen LogP contribution in [0.15, 0.2) is 41.4 Å². The molecule has 3 N–H and O–H groups in total. The molecule has 29 heavy (non-hydrogen) atoms. The molecule has 1 amide bonds. The number of carbonyl (C=O) groups is 1. The number of nitriles is 2. The fraction of sp³-hybridized carbons (Fsp3) is 0.364. The standard InChI is InChI=1S/C22H23N5OS/c1-15(29-21-19(14-24)12-18(13-23)20(25)26-21)22(28)27-9-7-17(8-10-27)11-16-5-3-2-4-6-16/h2-6,12,15,17H,7-11H2,1H3,(H2,25,26)/p+1/t15-/m1/s1. The van der Waals surface area contributed by atoms with E-state index in [9.17, 15) is 10.1 Å². The van der Waals surface area contributed by atoms with Gasteiger partial charge < -0.3 is 4.90 Å². The van der Waals surface area contributed by atoms with Gasteiger partial charge in [0, 0.05) is 13.1 Å². The second-order valence-corrected chi connectivity index (χ2v) is 8.63. The monoisotopic (exact) mass is 406 g/mol. The lowest BCUT2D eigenvalue weighted by atomic mass is 9.90. The number of rotatable bonds is 5. The van der Waals surface area contributed by atoms with Crippen LogP contribution in [0.1, 0.15) is 36.5 Å². The molecule has 2 aromatic rings. The number of anilines is 1. The number of amides is 1. The van der Waals surface area contributed by atoms with Crippen LogP contribution in [0, 0.1) is 28.6 Å². The summed E-state index contributed by atoms with van der Waals surface area (Å²) < 4.78 is 0. The van der Waals surface area contributed by atoms with E-state index in [0.717, 1.165) is 32.4 Å². The third kappa shape index (κ3) is 5.07. The average Bonchev–Trinajstić information content (AvgIpc) is 2.74. The highest BCUT2D eigenvalue weighted by molar-refractivity contribution is 8.00. The van der Waals surface area contributed by atoms with Gasteiger partial charge in [-0.2, -0.15) is 10.5 Å². The summed E-state index contributed by atoms with van der Waals surface area (Å²) in [6.07, 6.45) is 3.05. The summed E-state index contributed by atoms with van der Waals surface area (Å²) >= 11 is 1.27. The van der Waals surface area contributed by atoms with Crippen LogP contribution in [0.4, 0.5) is 5.82 Å². The normalized spacial score (nSPS) is 15.3. The number of carbonyl (C=O) groups excluding carboxylic acids is 1. The quantitative estimate of drug-likeness (QED) is 0.768. The Kier molecular flexibility index (Phi) is 6.74. The van der Waals surface area contributed by atoms with Gasteiger partial charge >= 0.3 is 0 Å². The van der Waals surface area contributed by atoms with Crippen molar-refractivity contribution in [3.63, 3.8) is 0 Å². The average molecular weight is 407 g/mol. The Labute approximate surface area is 175 Å². The van der Waals surface area contributed by atoms with E-state index in [1.54, 1.807) is 0 Å². The van der Waals surface area contributed by atoms with Crippen molar-refractivity contribution in [2.75, 3.05) is 18.8 Å². The van der Waals surface area contributed by atoms with Gasteiger partial charge in [-0.05, 0) is 43.7 Å². The zero-order chi connectivity index (χ0) is 20.8. The third-order valence-electron chi connectivity index (χ3n) is 5.25. The van der Waals surface area contributed by atoms with Gasteiger partial charge in [-0.15, -0.1) is 0 Å². The Bertz CT molecular complexity index is 956. The van der Waals surface area contributed by atoms with Gasteiger partial charge in [0.1, 0.15) is 23.3 Å². The van der Waals surface area contributed by atoms with Gasteiger partial charge in [-0.3, -0.25) is 10.5 Å². The third-order valence-corrected chi connectivity index (χ3v) is 6.36. The van der Waals surface area contributed by atoms with E-state index in [0.29, 0.717) is 16.5 Å². The van der Waals surface area contributed by atoms with Crippen LogP contribution in [0.25, 0.3) is 0 Å². The molecule has 1 aromatic heterocycles. The molecular weight excluding hydrogens is 382 g/mol. The van der Waals surface area contributed by atoms with Crippen molar-refractivity contribution in [2.24, 2.45) is 5.92 Å². The van der Waals surface area contributed by atoms with Crippen LogP contribution in [-0.2, 0) is 11.2 Å². The van der Waals surface area contributed by atoms with Crippen molar-refractivity contribution < 1.29 is 9.78 Å². The number of nitrogens with two attached hydrogens (primary N) is 1. The fourth-order valence-corrected chi connectivity index (χ4v) is 4.61. The molecule has 1 aliphatic heterocycles. The molecule has 0 bridgehead atoms. The largest absolute Gasteiger partial charge is 0.342 e. The van der Waals surface area contributed by atoms with Gasteiger partial charge in [0.05, 0.1) is 5.25 Å². The molecule has 7 heteroatoms. The summed E-state index contributed by atoms with van der Waals surface area (Å²) in [4.78, 5) is 17.7. The van der Waals surface area contributed by atoms with Crippen molar-refractivity contribution in [3.05, 3.63) is 53.1 Å². The molecule has 0 radical (unpaired) electrons. The van der Waals surface area contributed by atoms with Gasteiger partial charge in [0.15, 0.2) is 5.03 Å². The molecule has 0 aliphatic carbocycles. The second-order valence-electron chi connectivity index (χ2n) is 7.28. The molecule has 148 valence electrons. The Morgan fingerprint density at radius 3 is 2.52 bits per heavy atom. The number of nitrogen functional groups attached to an aromatic ring is 1. The lowest BCUT2D eigenvalue weighted by Crippen LogP contribution is -2.42. The zero-order valence-corrected chi connectivity index (χ0v) is 17.2. The smallest absolute Gasteiger partial charge is 0.289 e.